The summed E-state index contributed by atoms with van der Waals surface area (Å²) < 4.78 is 43.0. The fraction of sp³-hybridized carbons (Fsp3) is 0.440. The molecule has 10 heteroatoms. The largest absolute Gasteiger partial charge is 0.503 e. The van der Waals surface area contributed by atoms with Crippen molar-refractivity contribution in [3.8, 4) is 5.75 Å². The Morgan fingerprint density at radius 3 is 2.57 bits per heavy atom. The number of hydrogen-bond donors (Lipinski definition) is 3. The number of phenolic OH excluding ortho intramolecular Hbond substituents is 1. The molecule has 2 aromatic carbocycles. The molecule has 2 heterocycles. The Kier molecular flexibility index (Phi) is 6.55. The van der Waals surface area contributed by atoms with Crippen LogP contribution in [0.5, 0.6) is 5.75 Å². The van der Waals surface area contributed by atoms with Gasteiger partial charge in [-0.15, -0.1) is 0 Å². The van der Waals surface area contributed by atoms with Gasteiger partial charge in [0, 0.05) is 50.0 Å². The highest BCUT2D eigenvalue weighted by Gasteiger charge is 2.26. The molecule has 0 atom stereocenters. The Bertz CT molecular complexity index is 1230. The fourth-order valence-electron chi connectivity index (χ4n) is 5.03. The van der Waals surface area contributed by atoms with Crippen molar-refractivity contribution in [3.05, 3.63) is 53.5 Å². The Morgan fingerprint density at radius 2 is 1.83 bits per heavy atom. The molecule has 1 aromatic heterocycles. The van der Waals surface area contributed by atoms with Crippen molar-refractivity contribution in [1.82, 2.24) is 20.4 Å². The molecule has 0 radical (unpaired) electrons. The number of nitrogens with one attached hydrogen (secondary N) is 2. The van der Waals surface area contributed by atoms with Gasteiger partial charge in [-0.2, -0.15) is 9.49 Å². The van der Waals surface area contributed by atoms with E-state index >= 15 is 0 Å². The van der Waals surface area contributed by atoms with E-state index in [1.54, 1.807) is 0 Å². The van der Waals surface area contributed by atoms with E-state index in [4.69, 9.17) is 10.2 Å². The summed E-state index contributed by atoms with van der Waals surface area (Å²) in [6.45, 7) is 4.21. The van der Waals surface area contributed by atoms with Gasteiger partial charge in [0.25, 0.3) is 5.91 Å². The second-order valence-electron chi connectivity index (χ2n) is 9.36. The lowest BCUT2D eigenvalue weighted by atomic mass is 9.86. The van der Waals surface area contributed by atoms with Crippen LogP contribution < -0.4 is 15.5 Å². The van der Waals surface area contributed by atoms with Crippen LogP contribution in [0, 0.1) is 23.4 Å². The van der Waals surface area contributed by atoms with Gasteiger partial charge in [0.15, 0.2) is 17.4 Å². The number of anilines is 1. The lowest BCUT2D eigenvalue weighted by Gasteiger charge is -2.29. The molecule has 2 fully saturated rings. The molecule has 1 saturated heterocycles. The lowest BCUT2D eigenvalue weighted by molar-refractivity contribution is 0.0935. The first-order chi connectivity index (χ1) is 16.9. The molecule has 0 spiro atoms. The maximum atomic E-state index is 13.9. The molecule has 1 amide bonds. The molecule has 5 rings (SSSR count). The zero-order valence-corrected chi connectivity index (χ0v) is 19.2. The van der Waals surface area contributed by atoms with Gasteiger partial charge in [-0.3, -0.25) is 9.48 Å². The normalized spacial score (nSPS) is 20.8. The molecular formula is C25H28F3N5O2. The van der Waals surface area contributed by atoms with E-state index in [-0.39, 0.29) is 18.5 Å². The molecule has 0 unspecified atom stereocenters. The molecule has 0 bridgehead atoms. The maximum Gasteiger partial charge on any atom is 0.254 e. The van der Waals surface area contributed by atoms with E-state index in [2.05, 4.69) is 39.9 Å². The van der Waals surface area contributed by atoms with E-state index in [0.717, 1.165) is 62.8 Å². The minimum absolute atomic E-state index is 0.175. The summed E-state index contributed by atoms with van der Waals surface area (Å²) in [6, 6.07) is 7.18. The Labute approximate surface area is 200 Å². The van der Waals surface area contributed by atoms with Gasteiger partial charge < -0.3 is 20.6 Å². The number of nitrogens with zero attached hydrogens (tertiary/aromatic N) is 3. The SMILES string of the molecule is O=C(NCC1CCC(n2cc3ccc(N4CCNCC4)cc3n2)CC1)c1cc(F)c(O)c(F)c1F. The minimum Gasteiger partial charge on any atom is -0.503 e. The van der Waals surface area contributed by atoms with Gasteiger partial charge in [0.1, 0.15) is 0 Å². The highest BCUT2D eigenvalue weighted by Crippen LogP contribution is 2.33. The van der Waals surface area contributed by atoms with Crippen LogP contribution >= 0.6 is 0 Å². The first-order valence-electron chi connectivity index (χ1n) is 12.0. The number of fused-ring (bicyclic) bond motifs is 1. The molecule has 3 aromatic rings. The molecule has 7 nitrogen and oxygen atoms in total. The second-order valence-corrected chi connectivity index (χ2v) is 9.36. The van der Waals surface area contributed by atoms with Gasteiger partial charge in [-0.25, -0.2) is 8.78 Å². The third-order valence-electron chi connectivity index (χ3n) is 7.11. The molecule has 3 N–H and O–H groups in total. The van der Waals surface area contributed by atoms with Crippen molar-refractivity contribution in [1.29, 1.82) is 0 Å². The van der Waals surface area contributed by atoms with Crippen molar-refractivity contribution in [2.45, 2.75) is 31.7 Å². The van der Waals surface area contributed by atoms with E-state index < -0.39 is 34.7 Å². The van der Waals surface area contributed by atoms with Crippen LogP contribution in [0.2, 0.25) is 0 Å². The van der Waals surface area contributed by atoms with E-state index in [1.807, 2.05) is 4.68 Å². The van der Waals surface area contributed by atoms with Gasteiger partial charge in [0.2, 0.25) is 5.82 Å². The number of piperazine rings is 1. The van der Waals surface area contributed by atoms with E-state index in [0.29, 0.717) is 6.07 Å². The predicted molar refractivity (Wildman–Crippen MR) is 126 cm³/mol. The molecule has 1 aliphatic carbocycles. The number of rotatable bonds is 5. The quantitative estimate of drug-likeness (QED) is 0.478. The third kappa shape index (κ3) is 4.80. The van der Waals surface area contributed by atoms with Crippen molar-refractivity contribution in [2.75, 3.05) is 37.6 Å². The van der Waals surface area contributed by atoms with Crippen LogP contribution in [-0.4, -0.2) is 53.5 Å². The first-order valence-corrected chi connectivity index (χ1v) is 12.0. The zero-order chi connectivity index (χ0) is 24.5. The summed E-state index contributed by atoms with van der Waals surface area (Å²) in [4.78, 5) is 14.6. The van der Waals surface area contributed by atoms with Gasteiger partial charge in [-0.1, -0.05) is 0 Å². The van der Waals surface area contributed by atoms with Crippen LogP contribution in [0.15, 0.2) is 30.5 Å². The topological polar surface area (TPSA) is 82.4 Å². The van der Waals surface area contributed by atoms with Gasteiger partial charge in [-0.05, 0) is 55.9 Å². The minimum atomic E-state index is -1.76. The first kappa shape index (κ1) is 23.5. The summed E-state index contributed by atoms with van der Waals surface area (Å²) in [5.41, 5.74) is 1.41. The number of carbonyl (C=O) groups excluding carboxylic acids is 1. The number of hydrogen-bond acceptors (Lipinski definition) is 5. The lowest BCUT2D eigenvalue weighted by Crippen LogP contribution is -2.43. The summed E-state index contributed by atoms with van der Waals surface area (Å²) in [5, 5.41) is 21.0. The fourth-order valence-corrected chi connectivity index (χ4v) is 5.03. The number of benzene rings is 2. The van der Waals surface area contributed by atoms with Crippen molar-refractivity contribution in [3.63, 3.8) is 0 Å². The molecule has 186 valence electrons. The van der Waals surface area contributed by atoms with Crippen LogP contribution in [0.3, 0.4) is 0 Å². The summed E-state index contributed by atoms with van der Waals surface area (Å²) in [7, 11) is 0. The highest BCUT2D eigenvalue weighted by molar-refractivity contribution is 5.94. The molecule has 2 aliphatic rings. The number of aromatic nitrogens is 2. The smallest absolute Gasteiger partial charge is 0.254 e. The summed E-state index contributed by atoms with van der Waals surface area (Å²) in [5.74, 6) is -6.85. The van der Waals surface area contributed by atoms with E-state index in [9.17, 15) is 18.0 Å². The molecule has 1 aliphatic heterocycles. The molecule has 35 heavy (non-hydrogen) atoms. The number of aromatic hydroxyl groups is 1. The average Bonchev–Trinajstić information content (AvgIpc) is 3.32. The molecule has 1 saturated carbocycles. The maximum absolute atomic E-state index is 13.9. The summed E-state index contributed by atoms with van der Waals surface area (Å²) >= 11 is 0. The van der Waals surface area contributed by atoms with Crippen LogP contribution in [-0.2, 0) is 0 Å². The van der Waals surface area contributed by atoms with Crippen LogP contribution in [0.25, 0.3) is 10.9 Å². The van der Waals surface area contributed by atoms with Gasteiger partial charge >= 0.3 is 0 Å². The average molecular weight is 488 g/mol. The number of phenols is 1. The highest BCUT2D eigenvalue weighted by atomic mass is 19.2. The number of halogens is 3. The van der Waals surface area contributed by atoms with Gasteiger partial charge in [0.05, 0.1) is 17.1 Å². The zero-order valence-electron chi connectivity index (χ0n) is 19.2. The Hall–Kier alpha value is -3.27. The summed E-state index contributed by atoms with van der Waals surface area (Å²) in [6.07, 6.45) is 5.54. The van der Waals surface area contributed by atoms with Crippen LogP contribution in [0.4, 0.5) is 18.9 Å². The van der Waals surface area contributed by atoms with Crippen molar-refractivity contribution in [2.24, 2.45) is 5.92 Å². The second kappa shape index (κ2) is 9.77. The van der Waals surface area contributed by atoms with Crippen molar-refractivity contribution >= 4 is 22.5 Å². The van der Waals surface area contributed by atoms with E-state index in [1.165, 1.54) is 5.69 Å². The number of carbonyl (C=O) groups is 1. The Morgan fingerprint density at radius 1 is 1.09 bits per heavy atom. The predicted octanol–water partition coefficient (Wildman–Crippen LogP) is 3.73. The monoisotopic (exact) mass is 487 g/mol. The van der Waals surface area contributed by atoms with Crippen LogP contribution in [0.1, 0.15) is 42.1 Å². The third-order valence-corrected chi connectivity index (χ3v) is 7.11. The molecular weight excluding hydrogens is 459 g/mol. The standard InChI is InChI=1S/C25H28F3N5O2/c26-20-12-19(22(27)23(28)24(20)34)25(35)30-13-15-1-4-17(5-2-15)33-14-16-3-6-18(11-21(16)31-33)32-9-7-29-8-10-32/h3,6,11-12,14-15,17,29,34H,1-2,4-5,7-10,13H2,(H,30,35). The number of amides is 1. The van der Waals surface area contributed by atoms with Crippen molar-refractivity contribution < 1.29 is 23.1 Å². The Balaban J connectivity index is 1.17.